The maximum atomic E-state index is 13.3. The Bertz CT molecular complexity index is 1130. The molecule has 3 aromatic rings. The molecule has 4 heteroatoms. The molecule has 0 heterocycles. The van der Waals surface area contributed by atoms with Crippen LogP contribution in [-0.4, -0.2) is 17.5 Å². The summed E-state index contributed by atoms with van der Waals surface area (Å²) in [7, 11) is 0. The lowest BCUT2D eigenvalue weighted by Crippen LogP contribution is -2.20. The molecule has 0 aliphatic rings. The fourth-order valence-corrected chi connectivity index (χ4v) is 3.38. The molecule has 0 aliphatic carbocycles. The van der Waals surface area contributed by atoms with Gasteiger partial charge in [0.15, 0.2) is 11.6 Å². The fraction of sp³-hybridized carbons (Fsp3) is 0.222. The second-order valence-corrected chi connectivity index (χ2v) is 8.79. The smallest absolute Gasteiger partial charge is 0.255 e. The highest BCUT2D eigenvalue weighted by atomic mass is 16.2. The third kappa shape index (κ3) is 5.15. The van der Waals surface area contributed by atoms with Gasteiger partial charge in [-0.3, -0.25) is 14.4 Å². The molecule has 0 unspecified atom stereocenters. The maximum absolute atomic E-state index is 13.3. The van der Waals surface area contributed by atoms with Crippen molar-refractivity contribution in [3.05, 3.63) is 100 Å². The minimum atomic E-state index is -0.311. The van der Waals surface area contributed by atoms with Crippen LogP contribution in [0.3, 0.4) is 0 Å². The Kier molecular flexibility index (Phi) is 6.21. The van der Waals surface area contributed by atoms with Gasteiger partial charge in [0, 0.05) is 27.9 Å². The number of aryl methyl sites for hydroxylation is 1. The van der Waals surface area contributed by atoms with Crippen LogP contribution >= 0.6 is 0 Å². The standard InChI is InChI=1S/C27H27NO3/c1-17-6-8-20(9-7-17)25(30)23-16-21(12-15-24(23)27(3,4)5)26(31)28-22-13-10-19(11-14-22)18(2)29/h6-16H,1-5H3,(H,28,31). The number of nitrogens with one attached hydrogen (secondary N) is 1. The number of hydrogen-bond donors (Lipinski definition) is 1. The number of Topliss-reactive ketones (excluding diaryl/α,β-unsaturated/α-hetero) is 1. The maximum Gasteiger partial charge on any atom is 0.255 e. The van der Waals surface area contributed by atoms with Crippen molar-refractivity contribution < 1.29 is 14.4 Å². The SMILES string of the molecule is CC(=O)c1ccc(NC(=O)c2ccc(C(C)(C)C)c(C(=O)c3ccc(C)cc3)c2)cc1. The van der Waals surface area contributed by atoms with Crippen molar-refractivity contribution in [3.63, 3.8) is 0 Å². The molecule has 0 bridgehead atoms. The van der Waals surface area contributed by atoms with Crippen LogP contribution in [0.15, 0.2) is 66.7 Å². The van der Waals surface area contributed by atoms with Gasteiger partial charge in [0.2, 0.25) is 0 Å². The normalized spacial score (nSPS) is 11.1. The first-order valence-corrected chi connectivity index (χ1v) is 10.2. The zero-order valence-electron chi connectivity index (χ0n) is 18.6. The van der Waals surface area contributed by atoms with Crippen LogP contribution in [0.4, 0.5) is 5.69 Å². The van der Waals surface area contributed by atoms with E-state index in [1.54, 1.807) is 36.4 Å². The van der Waals surface area contributed by atoms with E-state index >= 15 is 0 Å². The Morgan fingerprint density at radius 3 is 1.84 bits per heavy atom. The minimum absolute atomic E-state index is 0.0325. The molecule has 3 rings (SSSR count). The second-order valence-electron chi connectivity index (χ2n) is 8.79. The van der Waals surface area contributed by atoms with Gasteiger partial charge < -0.3 is 5.32 Å². The Hall–Kier alpha value is -3.53. The summed E-state index contributed by atoms with van der Waals surface area (Å²) in [4.78, 5) is 37.6. The minimum Gasteiger partial charge on any atom is -0.322 e. The summed E-state index contributed by atoms with van der Waals surface area (Å²) in [5, 5.41) is 2.83. The van der Waals surface area contributed by atoms with Crippen molar-refractivity contribution in [2.75, 3.05) is 5.32 Å². The number of hydrogen-bond acceptors (Lipinski definition) is 3. The largest absolute Gasteiger partial charge is 0.322 e. The summed E-state index contributed by atoms with van der Waals surface area (Å²) < 4.78 is 0. The topological polar surface area (TPSA) is 63.2 Å². The van der Waals surface area contributed by atoms with Gasteiger partial charge in [-0.15, -0.1) is 0 Å². The van der Waals surface area contributed by atoms with Crippen molar-refractivity contribution in [2.45, 2.75) is 40.0 Å². The summed E-state index contributed by atoms with van der Waals surface area (Å²) in [6.07, 6.45) is 0. The van der Waals surface area contributed by atoms with Crippen LogP contribution in [-0.2, 0) is 5.41 Å². The first kappa shape index (κ1) is 22.2. The molecule has 0 fully saturated rings. The Balaban J connectivity index is 1.95. The van der Waals surface area contributed by atoms with E-state index in [9.17, 15) is 14.4 Å². The average Bonchev–Trinajstić information content (AvgIpc) is 2.73. The number of rotatable bonds is 5. The number of carbonyl (C=O) groups excluding carboxylic acids is 3. The van der Waals surface area contributed by atoms with Crippen molar-refractivity contribution >= 4 is 23.2 Å². The van der Waals surface area contributed by atoms with Gasteiger partial charge in [-0.25, -0.2) is 0 Å². The van der Waals surface area contributed by atoms with Gasteiger partial charge >= 0.3 is 0 Å². The van der Waals surface area contributed by atoms with Gasteiger partial charge in [0.25, 0.3) is 5.91 Å². The summed E-state index contributed by atoms with van der Waals surface area (Å²) in [6.45, 7) is 9.61. The highest BCUT2D eigenvalue weighted by Gasteiger charge is 2.24. The number of carbonyl (C=O) groups is 3. The lowest BCUT2D eigenvalue weighted by Gasteiger charge is -2.23. The molecular formula is C27H27NO3. The highest BCUT2D eigenvalue weighted by molar-refractivity contribution is 6.12. The molecule has 0 saturated carbocycles. The van der Waals surface area contributed by atoms with E-state index in [-0.39, 0.29) is 22.9 Å². The summed E-state index contributed by atoms with van der Waals surface area (Å²) in [6, 6.07) is 19.4. The zero-order valence-corrected chi connectivity index (χ0v) is 18.6. The monoisotopic (exact) mass is 413 g/mol. The van der Waals surface area contributed by atoms with E-state index in [2.05, 4.69) is 5.32 Å². The van der Waals surface area contributed by atoms with Crippen molar-refractivity contribution in [1.82, 2.24) is 0 Å². The molecule has 0 saturated heterocycles. The molecular weight excluding hydrogens is 386 g/mol. The van der Waals surface area contributed by atoms with E-state index < -0.39 is 0 Å². The predicted molar refractivity (Wildman–Crippen MR) is 124 cm³/mol. The van der Waals surface area contributed by atoms with Crippen LogP contribution in [0.5, 0.6) is 0 Å². The molecule has 158 valence electrons. The molecule has 0 spiro atoms. The molecule has 1 amide bonds. The van der Waals surface area contributed by atoms with E-state index in [0.29, 0.717) is 27.9 Å². The number of anilines is 1. The Labute approximate surface area is 183 Å². The third-order valence-electron chi connectivity index (χ3n) is 5.20. The summed E-state index contributed by atoms with van der Waals surface area (Å²) in [5.41, 5.74) is 4.40. The van der Waals surface area contributed by atoms with Crippen LogP contribution in [0.25, 0.3) is 0 Å². The lowest BCUT2D eigenvalue weighted by atomic mass is 9.81. The van der Waals surface area contributed by atoms with Crippen LogP contribution < -0.4 is 5.32 Å². The van der Waals surface area contributed by atoms with Gasteiger partial charge in [-0.2, -0.15) is 0 Å². The van der Waals surface area contributed by atoms with Crippen molar-refractivity contribution in [2.24, 2.45) is 0 Å². The second kappa shape index (κ2) is 8.68. The molecule has 0 aromatic heterocycles. The molecule has 0 radical (unpaired) electrons. The van der Waals surface area contributed by atoms with Gasteiger partial charge in [-0.1, -0.05) is 56.7 Å². The van der Waals surface area contributed by atoms with E-state index in [1.807, 2.05) is 58.0 Å². The van der Waals surface area contributed by atoms with Gasteiger partial charge in [0.05, 0.1) is 0 Å². The third-order valence-corrected chi connectivity index (χ3v) is 5.20. The highest BCUT2D eigenvalue weighted by Crippen LogP contribution is 2.29. The van der Waals surface area contributed by atoms with Crippen molar-refractivity contribution in [1.29, 1.82) is 0 Å². The predicted octanol–water partition coefficient (Wildman–Crippen LogP) is 5.98. The Morgan fingerprint density at radius 2 is 1.29 bits per heavy atom. The van der Waals surface area contributed by atoms with Gasteiger partial charge in [-0.05, 0) is 61.2 Å². The molecule has 3 aromatic carbocycles. The summed E-state index contributed by atoms with van der Waals surface area (Å²) >= 11 is 0. The lowest BCUT2D eigenvalue weighted by molar-refractivity contribution is 0.101. The number of benzene rings is 3. The Morgan fingerprint density at radius 1 is 0.742 bits per heavy atom. The van der Waals surface area contributed by atoms with Crippen LogP contribution in [0, 0.1) is 6.92 Å². The zero-order chi connectivity index (χ0) is 22.8. The fourth-order valence-electron chi connectivity index (χ4n) is 3.38. The number of amides is 1. The molecule has 1 N–H and O–H groups in total. The quantitative estimate of drug-likeness (QED) is 0.524. The van der Waals surface area contributed by atoms with E-state index in [0.717, 1.165) is 11.1 Å². The number of ketones is 2. The van der Waals surface area contributed by atoms with Crippen LogP contribution in [0.1, 0.15) is 75.5 Å². The first-order valence-electron chi connectivity index (χ1n) is 10.2. The average molecular weight is 414 g/mol. The van der Waals surface area contributed by atoms with Gasteiger partial charge in [0.1, 0.15) is 0 Å². The van der Waals surface area contributed by atoms with E-state index in [1.165, 1.54) is 6.92 Å². The molecule has 0 aliphatic heterocycles. The molecule has 31 heavy (non-hydrogen) atoms. The van der Waals surface area contributed by atoms with E-state index in [4.69, 9.17) is 0 Å². The first-order chi connectivity index (χ1) is 14.6. The van der Waals surface area contributed by atoms with Crippen molar-refractivity contribution in [3.8, 4) is 0 Å². The molecule has 0 atom stereocenters. The molecule has 4 nitrogen and oxygen atoms in total. The van der Waals surface area contributed by atoms with Crippen LogP contribution in [0.2, 0.25) is 0 Å². The summed E-state index contributed by atoms with van der Waals surface area (Å²) in [5.74, 6) is -0.450.